The summed E-state index contributed by atoms with van der Waals surface area (Å²) in [6.07, 6.45) is 0.522. The molecule has 0 saturated heterocycles. The van der Waals surface area contributed by atoms with Gasteiger partial charge in [-0.05, 0) is 36.2 Å². The highest BCUT2D eigenvalue weighted by atomic mass is 16.1. The smallest absolute Gasteiger partial charge is 0.163 e. The van der Waals surface area contributed by atoms with Crippen molar-refractivity contribution in [2.45, 2.75) is 20.3 Å². The first-order valence-electron chi connectivity index (χ1n) is 6.34. The molecule has 2 heteroatoms. The number of hydrogen-bond acceptors (Lipinski definition) is 2. The van der Waals surface area contributed by atoms with Gasteiger partial charge in [0.1, 0.15) is 0 Å². The Labute approximate surface area is 108 Å². The highest BCUT2D eigenvalue weighted by molar-refractivity contribution is 6.00. The summed E-state index contributed by atoms with van der Waals surface area (Å²) < 4.78 is 0. The highest BCUT2D eigenvalue weighted by Crippen LogP contribution is 2.19. The van der Waals surface area contributed by atoms with Crippen LogP contribution in [-0.2, 0) is 0 Å². The normalized spacial score (nSPS) is 12.6. The number of carbonyl (C=O) groups excluding carboxylic acids is 1. The summed E-state index contributed by atoms with van der Waals surface area (Å²) in [6, 6.07) is 12.2. The summed E-state index contributed by atoms with van der Waals surface area (Å²) >= 11 is 0. The maximum atomic E-state index is 12.1. The first kappa shape index (κ1) is 12.8. The van der Waals surface area contributed by atoms with Gasteiger partial charge in [0.25, 0.3) is 0 Å². The quantitative estimate of drug-likeness (QED) is 0.834. The predicted octanol–water partition coefficient (Wildman–Crippen LogP) is 3.32. The van der Waals surface area contributed by atoms with Crippen molar-refractivity contribution in [2.24, 2.45) is 11.7 Å². The van der Waals surface area contributed by atoms with Crippen LogP contribution in [0.2, 0.25) is 0 Å². The maximum absolute atomic E-state index is 12.1. The van der Waals surface area contributed by atoms with Crippen molar-refractivity contribution in [1.29, 1.82) is 0 Å². The molecule has 2 rings (SSSR count). The topological polar surface area (TPSA) is 43.1 Å². The second kappa shape index (κ2) is 5.32. The molecular weight excluding hydrogens is 222 g/mol. The zero-order valence-electron chi connectivity index (χ0n) is 10.9. The molecule has 0 saturated carbocycles. The summed E-state index contributed by atoms with van der Waals surface area (Å²) in [4.78, 5) is 12.1. The van der Waals surface area contributed by atoms with Crippen LogP contribution in [-0.4, -0.2) is 12.3 Å². The minimum absolute atomic E-state index is 0.176. The lowest BCUT2D eigenvalue weighted by Gasteiger charge is -2.08. The molecule has 2 aromatic carbocycles. The van der Waals surface area contributed by atoms with Gasteiger partial charge in [-0.2, -0.15) is 0 Å². The number of fused-ring (bicyclic) bond motifs is 1. The molecule has 94 valence electrons. The van der Waals surface area contributed by atoms with Crippen LogP contribution in [0.1, 0.15) is 29.3 Å². The van der Waals surface area contributed by atoms with Crippen LogP contribution >= 0.6 is 0 Å². The molecule has 0 fully saturated rings. The molecular formula is C16H19NO. The maximum Gasteiger partial charge on any atom is 0.163 e. The van der Waals surface area contributed by atoms with E-state index in [1.165, 1.54) is 10.9 Å². The first-order chi connectivity index (χ1) is 8.60. The minimum atomic E-state index is 0.176. The van der Waals surface area contributed by atoms with Crippen molar-refractivity contribution in [3.8, 4) is 0 Å². The standard InChI is InChI=1S/C16H19NO/c1-11-3-4-14-9-15(6-5-13(14)7-11)16(18)8-12(2)10-17/h3-7,9,12H,8,10,17H2,1-2H3. The molecule has 0 bridgehead atoms. The Bertz CT molecular complexity index is 574. The van der Waals surface area contributed by atoms with Crippen molar-refractivity contribution >= 4 is 16.6 Å². The summed E-state index contributed by atoms with van der Waals surface area (Å²) in [5.74, 6) is 0.418. The van der Waals surface area contributed by atoms with Crippen LogP contribution in [0.25, 0.3) is 10.8 Å². The fraction of sp³-hybridized carbons (Fsp3) is 0.312. The number of hydrogen-bond donors (Lipinski definition) is 1. The molecule has 2 N–H and O–H groups in total. The molecule has 2 aromatic rings. The van der Waals surface area contributed by atoms with E-state index in [9.17, 15) is 4.79 Å². The number of rotatable bonds is 4. The first-order valence-corrected chi connectivity index (χ1v) is 6.34. The predicted molar refractivity (Wildman–Crippen MR) is 75.9 cm³/mol. The van der Waals surface area contributed by atoms with Gasteiger partial charge in [0.2, 0.25) is 0 Å². The van der Waals surface area contributed by atoms with Crippen LogP contribution in [0.4, 0.5) is 0 Å². The summed E-state index contributed by atoms with van der Waals surface area (Å²) in [5, 5.41) is 2.30. The molecule has 1 atom stereocenters. The van der Waals surface area contributed by atoms with Gasteiger partial charge < -0.3 is 5.73 Å². The molecule has 0 aliphatic heterocycles. The van der Waals surface area contributed by atoms with E-state index in [4.69, 9.17) is 5.73 Å². The van der Waals surface area contributed by atoms with Gasteiger partial charge in [-0.1, -0.05) is 42.8 Å². The Morgan fingerprint density at radius 2 is 1.83 bits per heavy atom. The van der Waals surface area contributed by atoms with E-state index in [0.29, 0.717) is 13.0 Å². The summed E-state index contributed by atoms with van der Waals surface area (Å²) in [6.45, 7) is 4.63. The third-order valence-corrected chi connectivity index (χ3v) is 3.25. The molecule has 0 aliphatic rings. The van der Waals surface area contributed by atoms with Gasteiger partial charge in [0.05, 0.1) is 0 Å². The number of ketones is 1. The molecule has 18 heavy (non-hydrogen) atoms. The Morgan fingerprint density at radius 1 is 1.17 bits per heavy atom. The summed E-state index contributed by atoms with van der Waals surface area (Å²) in [5.41, 5.74) is 7.57. The average molecular weight is 241 g/mol. The number of benzene rings is 2. The Balaban J connectivity index is 2.30. The Morgan fingerprint density at radius 3 is 2.56 bits per heavy atom. The SMILES string of the molecule is Cc1ccc2cc(C(=O)CC(C)CN)ccc2c1. The molecule has 2 nitrogen and oxygen atoms in total. The average Bonchev–Trinajstić information content (AvgIpc) is 2.37. The zero-order valence-corrected chi connectivity index (χ0v) is 10.9. The molecule has 0 spiro atoms. The van der Waals surface area contributed by atoms with Gasteiger partial charge >= 0.3 is 0 Å². The van der Waals surface area contributed by atoms with E-state index >= 15 is 0 Å². The Kier molecular flexibility index (Phi) is 3.78. The second-order valence-electron chi connectivity index (χ2n) is 5.03. The van der Waals surface area contributed by atoms with E-state index in [0.717, 1.165) is 10.9 Å². The monoisotopic (exact) mass is 241 g/mol. The minimum Gasteiger partial charge on any atom is -0.330 e. The van der Waals surface area contributed by atoms with Gasteiger partial charge in [0.15, 0.2) is 5.78 Å². The van der Waals surface area contributed by atoms with E-state index in [-0.39, 0.29) is 11.7 Å². The van der Waals surface area contributed by atoms with Crippen molar-refractivity contribution in [2.75, 3.05) is 6.54 Å². The molecule has 0 aliphatic carbocycles. The third kappa shape index (κ3) is 2.77. The molecule has 0 aromatic heterocycles. The molecule has 0 radical (unpaired) electrons. The van der Waals surface area contributed by atoms with E-state index in [1.54, 1.807) is 0 Å². The highest BCUT2D eigenvalue weighted by Gasteiger charge is 2.10. The number of Topliss-reactive ketones (excluding diaryl/α,β-unsaturated/α-hetero) is 1. The largest absolute Gasteiger partial charge is 0.330 e. The molecule has 0 heterocycles. The molecule has 1 unspecified atom stereocenters. The fourth-order valence-electron chi connectivity index (χ4n) is 2.06. The van der Waals surface area contributed by atoms with Gasteiger partial charge in [0, 0.05) is 12.0 Å². The van der Waals surface area contributed by atoms with Crippen molar-refractivity contribution < 1.29 is 4.79 Å². The lowest BCUT2D eigenvalue weighted by Crippen LogP contribution is -2.15. The van der Waals surface area contributed by atoms with Crippen LogP contribution in [0.5, 0.6) is 0 Å². The number of aryl methyl sites for hydroxylation is 1. The van der Waals surface area contributed by atoms with Crippen LogP contribution in [0.15, 0.2) is 36.4 Å². The van der Waals surface area contributed by atoms with Gasteiger partial charge in [-0.25, -0.2) is 0 Å². The third-order valence-electron chi connectivity index (χ3n) is 3.25. The van der Waals surface area contributed by atoms with Crippen molar-refractivity contribution in [3.63, 3.8) is 0 Å². The van der Waals surface area contributed by atoms with Crippen molar-refractivity contribution in [3.05, 3.63) is 47.5 Å². The Hall–Kier alpha value is -1.67. The lowest BCUT2D eigenvalue weighted by atomic mass is 9.97. The fourth-order valence-corrected chi connectivity index (χ4v) is 2.06. The zero-order chi connectivity index (χ0) is 13.1. The number of carbonyl (C=O) groups is 1. The van der Waals surface area contributed by atoms with E-state index in [1.807, 2.05) is 25.1 Å². The molecule has 0 amide bonds. The van der Waals surface area contributed by atoms with Crippen molar-refractivity contribution in [1.82, 2.24) is 0 Å². The number of nitrogens with two attached hydrogens (primary N) is 1. The lowest BCUT2D eigenvalue weighted by molar-refractivity contribution is 0.0966. The van der Waals surface area contributed by atoms with Crippen LogP contribution < -0.4 is 5.73 Å². The summed E-state index contributed by atoms with van der Waals surface area (Å²) in [7, 11) is 0. The van der Waals surface area contributed by atoms with Gasteiger partial charge in [-0.15, -0.1) is 0 Å². The van der Waals surface area contributed by atoms with Crippen LogP contribution in [0, 0.1) is 12.8 Å². The van der Waals surface area contributed by atoms with Gasteiger partial charge in [-0.3, -0.25) is 4.79 Å². The second-order valence-corrected chi connectivity index (χ2v) is 5.03. The van der Waals surface area contributed by atoms with Crippen LogP contribution in [0.3, 0.4) is 0 Å². The van der Waals surface area contributed by atoms with E-state index < -0.39 is 0 Å². The van der Waals surface area contributed by atoms with E-state index in [2.05, 4.69) is 25.1 Å².